The van der Waals surface area contributed by atoms with E-state index < -0.39 is 110 Å². The van der Waals surface area contributed by atoms with Crippen LogP contribution in [-0.2, 0) is 79.8 Å². The van der Waals surface area contributed by atoms with Gasteiger partial charge < -0.3 is 58.0 Å². The lowest BCUT2D eigenvalue weighted by atomic mass is 9.95. The van der Waals surface area contributed by atoms with Crippen LogP contribution in [0.3, 0.4) is 0 Å². The molecule has 68 heavy (non-hydrogen) atoms. The minimum absolute atomic E-state index is 0.0962. The molecule has 4 aliphatic heterocycles. The van der Waals surface area contributed by atoms with Crippen molar-refractivity contribution in [2.24, 2.45) is 0 Å². The largest absolute Gasteiger partial charge is 0.360 e. The molecular weight excluding hydrogens is 881 g/mol. The van der Waals surface area contributed by atoms with Gasteiger partial charge in [0.25, 0.3) is 11.8 Å². The van der Waals surface area contributed by atoms with Crippen LogP contribution in [0.1, 0.15) is 62.5 Å². The molecule has 0 radical (unpaired) electrons. The Kier molecular flexibility index (Phi) is 16.6. The van der Waals surface area contributed by atoms with Crippen LogP contribution in [-0.4, -0.2) is 110 Å². The number of fused-ring (bicyclic) bond motifs is 2. The van der Waals surface area contributed by atoms with Crippen LogP contribution in [0.4, 0.5) is 0 Å². The molecule has 8 rings (SSSR count). The number of ether oxygens (including phenoxy) is 10. The molecule has 14 unspecified atom stereocenters. The van der Waals surface area contributed by atoms with E-state index in [1.165, 1.54) is 27.7 Å². The Morgan fingerprint density at radius 3 is 1.24 bits per heavy atom. The molecule has 4 fully saturated rings. The van der Waals surface area contributed by atoms with Crippen molar-refractivity contribution in [1.29, 1.82) is 0 Å². The van der Waals surface area contributed by atoms with Gasteiger partial charge in [-0.05, 0) is 25.0 Å². The normalized spacial score (nSPS) is 29.8. The first-order valence-electron chi connectivity index (χ1n) is 22.7. The van der Waals surface area contributed by atoms with Crippen molar-refractivity contribution < 1.29 is 66.5 Å². The maximum absolute atomic E-state index is 13.8. The van der Waals surface area contributed by atoms with Crippen molar-refractivity contribution in [1.82, 2.24) is 21.5 Å². The number of hydrogen-bond acceptors (Lipinski definition) is 14. The Morgan fingerprint density at radius 1 is 0.529 bits per heavy atom. The lowest BCUT2D eigenvalue weighted by Gasteiger charge is -2.49. The van der Waals surface area contributed by atoms with Gasteiger partial charge in [-0.15, -0.1) is 0 Å². The van der Waals surface area contributed by atoms with E-state index in [1.54, 1.807) is 0 Å². The Labute approximate surface area is 394 Å². The van der Waals surface area contributed by atoms with Crippen LogP contribution in [0.5, 0.6) is 0 Å². The van der Waals surface area contributed by atoms with Crippen LogP contribution in [0.2, 0.25) is 0 Å². The first kappa shape index (κ1) is 48.8. The molecule has 0 spiro atoms. The van der Waals surface area contributed by atoms with Crippen molar-refractivity contribution in [2.45, 2.75) is 127 Å². The van der Waals surface area contributed by atoms with E-state index in [-0.39, 0.29) is 26.4 Å². The molecule has 4 aliphatic rings. The van der Waals surface area contributed by atoms with Gasteiger partial charge in [-0.25, -0.2) is 0 Å². The van der Waals surface area contributed by atoms with Gasteiger partial charge in [-0.1, -0.05) is 121 Å². The molecule has 4 amide bonds. The summed E-state index contributed by atoms with van der Waals surface area (Å²) in [4.78, 5) is 53.2. The quantitative estimate of drug-likeness (QED) is 0.118. The molecule has 0 aromatic heterocycles. The molecule has 18 nitrogen and oxygen atoms in total. The second-order valence-electron chi connectivity index (χ2n) is 16.9. The number of nitrogens with one attached hydrogen (secondary N) is 4. The number of carbonyl (C=O) groups excluding carboxylic acids is 4. The molecule has 4 aromatic carbocycles. The van der Waals surface area contributed by atoms with Crippen LogP contribution >= 0.6 is 0 Å². The monoisotopic (exact) mass is 938 g/mol. The topological polar surface area (TPSA) is 209 Å². The third-order valence-electron chi connectivity index (χ3n) is 11.8. The predicted molar refractivity (Wildman–Crippen MR) is 240 cm³/mol. The maximum atomic E-state index is 13.8. The van der Waals surface area contributed by atoms with E-state index in [2.05, 4.69) is 21.5 Å². The summed E-state index contributed by atoms with van der Waals surface area (Å²) >= 11 is 0. The van der Waals surface area contributed by atoms with Gasteiger partial charge in [0, 0.05) is 25.0 Å². The summed E-state index contributed by atoms with van der Waals surface area (Å²) in [5.41, 5.74) is 8.16. The van der Waals surface area contributed by atoms with Crippen molar-refractivity contribution >= 4 is 23.6 Å². The zero-order valence-corrected chi connectivity index (χ0v) is 38.2. The van der Waals surface area contributed by atoms with Crippen molar-refractivity contribution in [2.75, 3.05) is 13.2 Å². The number of benzene rings is 4. The molecule has 362 valence electrons. The van der Waals surface area contributed by atoms with Gasteiger partial charge >= 0.3 is 0 Å². The summed E-state index contributed by atoms with van der Waals surface area (Å²) in [5.74, 6) is -2.23. The SMILES string of the molecule is CC(=O)NC1C(OCc2ccccc2)OC2COC(c3ccccc3)OC2C1OC(C)C(=O)NNC(=O)C(C)OC1C(NC(C)=O)C(OCc2ccccc2)OC2COC(c3ccccc3)OC21. The molecule has 4 N–H and O–H groups in total. The molecule has 0 saturated carbocycles. The predicted octanol–water partition coefficient (Wildman–Crippen LogP) is 3.80. The van der Waals surface area contributed by atoms with Gasteiger partial charge in [0.05, 0.1) is 26.4 Å². The second kappa shape index (κ2) is 23.1. The lowest BCUT2D eigenvalue weighted by molar-refractivity contribution is -0.351. The second-order valence-corrected chi connectivity index (χ2v) is 16.9. The average molecular weight is 939 g/mol. The van der Waals surface area contributed by atoms with Gasteiger partial charge in [0.1, 0.15) is 60.9 Å². The third kappa shape index (κ3) is 12.3. The molecule has 4 aromatic rings. The highest BCUT2D eigenvalue weighted by atomic mass is 16.8. The van der Waals surface area contributed by atoms with Crippen molar-refractivity contribution in [3.05, 3.63) is 144 Å². The highest BCUT2D eigenvalue weighted by molar-refractivity contribution is 5.86. The Hall–Kier alpha value is -5.64. The maximum Gasteiger partial charge on any atom is 0.267 e. The Morgan fingerprint density at radius 2 is 0.882 bits per heavy atom. The van der Waals surface area contributed by atoms with E-state index in [1.807, 2.05) is 121 Å². The van der Waals surface area contributed by atoms with Gasteiger partial charge in [-0.2, -0.15) is 0 Å². The minimum atomic E-state index is -1.23. The fraction of sp³-hybridized carbons (Fsp3) is 0.440. The van der Waals surface area contributed by atoms with Crippen molar-refractivity contribution in [3.63, 3.8) is 0 Å². The van der Waals surface area contributed by atoms with Crippen LogP contribution < -0.4 is 21.5 Å². The van der Waals surface area contributed by atoms with E-state index in [4.69, 9.17) is 47.4 Å². The number of hydrazine groups is 1. The number of rotatable bonds is 16. The highest BCUT2D eigenvalue weighted by Gasteiger charge is 2.54. The number of amides is 4. The van der Waals surface area contributed by atoms with Gasteiger partial charge in [-0.3, -0.25) is 30.0 Å². The molecule has 0 bridgehead atoms. The zero-order chi connectivity index (χ0) is 47.6. The van der Waals surface area contributed by atoms with Gasteiger partial charge in [0.2, 0.25) is 11.8 Å². The number of hydrogen-bond donors (Lipinski definition) is 4. The standard InChI is InChI=1S/C50H58N4O14/c1-29(63-43-39(51-31(3)55)49(59-25-33-17-9-5-10-18-33)65-37-27-61-47(67-41(37)43)35-21-13-7-14-22-35)45(57)53-54-46(58)30(2)64-44-40(52-32(4)56)50(60-26-34-19-11-6-12-20-34)66-38-28-62-48(68-42(38)44)36-23-15-8-16-24-36/h5-24,29-30,37-44,47-50H,25-28H2,1-4H3,(H,51,55)(H,52,56)(H,53,57)(H,54,58). The first-order valence-corrected chi connectivity index (χ1v) is 22.7. The van der Waals surface area contributed by atoms with E-state index in [9.17, 15) is 19.2 Å². The lowest BCUT2D eigenvalue weighted by Crippen LogP contribution is -2.68. The third-order valence-corrected chi connectivity index (χ3v) is 11.8. The first-order chi connectivity index (χ1) is 33.0. The fourth-order valence-electron chi connectivity index (χ4n) is 8.51. The summed E-state index contributed by atoms with van der Waals surface area (Å²) in [6.45, 7) is 6.22. The molecule has 18 heteroatoms. The van der Waals surface area contributed by atoms with Crippen molar-refractivity contribution in [3.8, 4) is 0 Å². The molecule has 14 atom stereocenters. The van der Waals surface area contributed by atoms with Crippen LogP contribution in [0.25, 0.3) is 0 Å². The number of carbonyl (C=O) groups is 4. The smallest absolute Gasteiger partial charge is 0.267 e. The molecule has 4 saturated heterocycles. The summed E-state index contributed by atoms with van der Waals surface area (Å²) in [7, 11) is 0. The molecule has 0 aliphatic carbocycles. The van der Waals surface area contributed by atoms with Gasteiger partial charge in [0.15, 0.2) is 25.2 Å². The van der Waals surface area contributed by atoms with Crippen LogP contribution in [0, 0.1) is 0 Å². The fourth-order valence-corrected chi connectivity index (χ4v) is 8.51. The zero-order valence-electron chi connectivity index (χ0n) is 38.2. The highest BCUT2D eigenvalue weighted by Crippen LogP contribution is 2.38. The summed E-state index contributed by atoms with van der Waals surface area (Å²) in [5, 5.41) is 5.81. The molecular formula is C50H58N4O14. The van der Waals surface area contributed by atoms with Crippen LogP contribution in [0.15, 0.2) is 121 Å². The van der Waals surface area contributed by atoms with E-state index >= 15 is 0 Å². The Bertz CT molecular complexity index is 2110. The summed E-state index contributed by atoms with van der Waals surface area (Å²) in [6, 6.07) is 35.7. The average Bonchev–Trinajstić information content (AvgIpc) is 3.36. The Balaban J connectivity index is 0.964. The summed E-state index contributed by atoms with van der Waals surface area (Å²) < 4.78 is 63.4. The van der Waals surface area contributed by atoms with E-state index in [0.717, 1.165) is 22.3 Å². The summed E-state index contributed by atoms with van der Waals surface area (Å²) in [6.07, 6.45) is -11.2. The molecule has 4 heterocycles. The minimum Gasteiger partial charge on any atom is -0.360 e. The van der Waals surface area contributed by atoms with E-state index in [0.29, 0.717) is 0 Å².